The SMILES string of the molecule is CC(C(=O)O)c1cccc(C(O)C(=O)O)c1. The second-order valence-electron chi connectivity index (χ2n) is 3.47. The van der Waals surface area contributed by atoms with Gasteiger partial charge in [0, 0.05) is 0 Å². The van der Waals surface area contributed by atoms with Crippen molar-refractivity contribution in [1.29, 1.82) is 0 Å². The van der Waals surface area contributed by atoms with Crippen LogP contribution in [0.25, 0.3) is 0 Å². The Kier molecular flexibility index (Phi) is 3.63. The predicted octanol–water partition coefficient (Wildman–Crippen LogP) is 0.993. The van der Waals surface area contributed by atoms with E-state index in [1.165, 1.54) is 25.1 Å². The molecule has 0 fully saturated rings. The fourth-order valence-electron chi connectivity index (χ4n) is 1.28. The van der Waals surface area contributed by atoms with Gasteiger partial charge in [-0.05, 0) is 18.1 Å². The lowest BCUT2D eigenvalue weighted by Crippen LogP contribution is -2.12. The number of aliphatic hydroxyl groups is 1. The highest BCUT2D eigenvalue weighted by molar-refractivity contribution is 5.77. The Labute approximate surface area is 92.0 Å². The highest BCUT2D eigenvalue weighted by Gasteiger charge is 2.19. The summed E-state index contributed by atoms with van der Waals surface area (Å²) < 4.78 is 0. The van der Waals surface area contributed by atoms with E-state index in [0.29, 0.717) is 5.56 Å². The van der Waals surface area contributed by atoms with Crippen molar-refractivity contribution in [2.45, 2.75) is 18.9 Å². The molecule has 0 heterocycles. The first kappa shape index (κ1) is 12.2. The Bertz CT molecular complexity index is 377. The number of carbonyl (C=O) groups is 2. The molecule has 0 amide bonds. The Balaban J connectivity index is 3.04. The van der Waals surface area contributed by atoms with Crippen LogP contribution in [-0.4, -0.2) is 27.3 Å². The lowest BCUT2D eigenvalue weighted by atomic mass is 9.97. The summed E-state index contributed by atoms with van der Waals surface area (Å²) in [6, 6.07) is 5.93. The molecule has 0 spiro atoms. The van der Waals surface area contributed by atoms with Crippen LogP contribution in [0.15, 0.2) is 24.3 Å². The van der Waals surface area contributed by atoms with Crippen molar-refractivity contribution in [3.8, 4) is 0 Å². The number of aliphatic hydroxyl groups excluding tert-OH is 1. The maximum absolute atomic E-state index is 10.7. The summed E-state index contributed by atoms with van der Waals surface area (Å²) in [6.45, 7) is 1.49. The van der Waals surface area contributed by atoms with E-state index in [1.807, 2.05) is 0 Å². The molecule has 2 atom stereocenters. The quantitative estimate of drug-likeness (QED) is 0.709. The molecule has 16 heavy (non-hydrogen) atoms. The Morgan fingerprint density at radius 2 is 1.69 bits per heavy atom. The van der Waals surface area contributed by atoms with Gasteiger partial charge in [0.1, 0.15) is 0 Å². The van der Waals surface area contributed by atoms with Gasteiger partial charge in [-0.15, -0.1) is 0 Å². The summed E-state index contributed by atoms with van der Waals surface area (Å²) in [5.74, 6) is -3.09. The standard InChI is InChI=1S/C11H12O5/c1-6(10(13)14)7-3-2-4-8(5-7)9(12)11(15)16/h2-6,9,12H,1H3,(H,13,14)(H,15,16). The number of aliphatic carboxylic acids is 2. The first-order valence-corrected chi connectivity index (χ1v) is 4.67. The zero-order valence-electron chi connectivity index (χ0n) is 8.62. The summed E-state index contributed by atoms with van der Waals surface area (Å²) in [5.41, 5.74) is 0.642. The van der Waals surface area contributed by atoms with Crippen LogP contribution in [0, 0.1) is 0 Å². The van der Waals surface area contributed by atoms with Gasteiger partial charge in [0.2, 0.25) is 0 Å². The highest BCUT2D eigenvalue weighted by Crippen LogP contribution is 2.20. The number of carboxylic acid groups (broad SMARTS) is 2. The Hall–Kier alpha value is -1.88. The van der Waals surface area contributed by atoms with Gasteiger partial charge in [-0.2, -0.15) is 0 Å². The zero-order chi connectivity index (χ0) is 12.3. The molecule has 5 heteroatoms. The van der Waals surface area contributed by atoms with Gasteiger partial charge in [0.25, 0.3) is 0 Å². The Morgan fingerprint density at radius 3 is 2.19 bits per heavy atom. The molecule has 86 valence electrons. The lowest BCUT2D eigenvalue weighted by molar-refractivity contribution is -0.147. The van der Waals surface area contributed by atoms with Crippen molar-refractivity contribution in [1.82, 2.24) is 0 Å². The van der Waals surface area contributed by atoms with E-state index >= 15 is 0 Å². The van der Waals surface area contributed by atoms with Crippen molar-refractivity contribution in [2.75, 3.05) is 0 Å². The second kappa shape index (κ2) is 4.76. The molecular weight excluding hydrogens is 212 g/mol. The van der Waals surface area contributed by atoms with Gasteiger partial charge in [0.05, 0.1) is 5.92 Å². The normalized spacial score (nSPS) is 14.1. The fraction of sp³-hybridized carbons (Fsp3) is 0.273. The fourth-order valence-corrected chi connectivity index (χ4v) is 1.28. The molecule has 0 radical (unpaired) electrons. The third kappa shape index (κ3) is 2.58. The molecule has 0 aliphatic carbocycles. The molecule has 0 aromatic heterocycles. The van der Waals surface area contributed by atoms with Crippen LogP contribution in [0.3, 0.4) is 0 Å². The molecule has 2 unspecified atom stereocenters. The monoisotopic (exact) mass is 224 g/mol. The van der Waals surface area contributed by atoms with Crippen LogP contribution in [0.1, 0.15) is 30.1 Å². The topological polar surface area (TPSA) is 94.8 Å². The number of hydrogen-bond donors (Lipinski definition) is 3. The van der Waals surface area contributed by atoms with Crippen molar-refractivity contribution in [2.24, 2.45) is 0 Å². The summed E-state index contributed by atoms with van der Waals surface area (Å²) in [6.07, 6.45) is -1.62. The molecule has 0 aliphatic rings. The van der Waals surface area contributed by atoms with Gasteiger partial charge in [-0.1, -0.05) is 24.3 Å². The van der Waals surface area contributed by atoms with Gasteiger partial charge in [-0.25, -0.2) is 4.79 Å². The predicted molar refractivity (Wildman–Crippen MR) is 55.1 cm³/mol. The Morgan fingerprint density at radius 1 is 1.12 bits per heavy atom. The van der Waals surface area contributed by atoms with E-state index in [4.69, 9.17) is 10.2 Å². The van der Waals surface area contributed by atoms with Crippen LogP contribution >= 0.6 is 0 Å². The van der Waals surface area contributed by atoms with Crippen LogP contribution in [0.4, 0.5) is 0 Å². The van der Waals surface area contributed by atoms with E-state index in [1.54, 1.807) is 6.07 Å². The minimum absolute atomic E-state index is 0.179. The first-order valence-electron chi connectivity index (χ1n) is 4.67. The molecule has 1 aromatic rings. The maximum atomic E-state index is 10.7. The van der Waals surface area contributed by atoms with E-state index in [2.05, 4.69) is 0 Å². The third-order valence-electron chi connectivity index (χ3n) is 2.33. The third-order valence-corrected chi connectivity index (χ3v) is 2.33. The molecule has 1 rings (SSSR count). The minimum atomic E-state index is -1.62. The minimum Gasteiger partial charge on any atom is -0.481 e. The molecule has 0 saturated carbocycles. The lowest BCUT2D eigenvalue weighted by Gasteiger charge is -2.10. The van der Waals surface area contributed by atoms with E-state index < -0.39 is 24.0 Å². The van der Waals surface area contributed by atoms with Gasteiger partial charge >= 0.3 is 11.9 Å². The molecule has 0 aliphatic heterocycles. The molecule has 1 aromatic carbocycles. The van der Waals surface area contributed by atoms with Crippen LogP contribution in [0.5, 0.6) is 0 Å². The van der Waals surface area contributed by atoms with Gasteiger partial charge in [0.15, 0.2) is 6.10 Å². The van der Waals surface area contributed by atoms with Crippen LogP contribution in [-0.2, 0) is 9.59 Å². The van der Waals surface area contributed by atoms with E-state index in [9.17, 15) is 14.7 Å². The number of rotatable bonds is 4. The summed E-state index contributed by atoms with van der Waals surface area (Å²) in [4.78, 5) is 21.3. The summed E-state index contributed by atoms with van der Waals surface area (Å²) in [5, 5.41) is 26.7. The second-order valence-corrected chi connectivity index (χ2v) is 3.47. The largest absolute Gasteiger partial charge is 0.481 e. The van der Waals surface area contributed by atoms with Crippen LogP contribution in [0.2, 0.25) is 0 Å². The van der Waals surface area contributed by atoms with Crippen molar-refractivity contribution >= 4 is 11.9 Å². The first-order chi connectivity index (χ1) is 7.43. The molecular formula is C11H12O5. The van der Waals surface area contributed by atoms with E-state index in [0.717, 1.165) is 0 Å². The summed E-state index contributed by atoms with van der Waals surface area (Å²) >= 11 is 0. The maximum Gasteiger partial charge on any atom is 0.337 e. The zero-order valence-corrected chi connectivity index (χ0v) is 8.62. The smallest absolute Gasteiger partial charge is 0.337 e. The van der Waals surface area contributed by atoms with Crippen molar-refractivity contribution in [3.63, 3.8) is 0 Å². The van der Waals surface area contributed by atoms with E-state index in [-0.39, 0.29) is 5.56 Å². The van der Waals surface area contributed by atoms with Crippen molar-refractivity contribution < 1.29 is 24.9 Å². The average molecular weight is 224 g/mol. The highest BCUT2D eigenvalue weighted by atomic mass is 16.4. The molecule has 3 N–H and O–H groups in total. The van der Waals surface area contributed by atoms with Gasteiger partial charge < -0.3 is 15.3 Å². The summed E-state index contributed by atoms with van der Waals surface area (Å²) in [7, 11) is 0. The molecule has 5 nitrogen and oxygen atoms in total. The molecule has 0 bridgehead atoms. The van der Waals surface area contributed by atoms with Gasteiger partial charge in [-0.3, -0.25) is 4.79 Å². The number of benzene rings is 1. The van der Waals surface area contributed by atoms with Crippen LogP contribution < -0.4 is 0 Å². The number of carboxylic acids is 2. The number of hydrogen-bond acceptors (Lipinski definition) is 3. The average Bonchev–Trinajstić information content (AvgIpc) is 2.26. The molecule has 0 saturated heterocycles. The van der Waals surface area contributed by atoms with Crippen molar-refractivity contribution in [3.05, 3.63) is 35.4 Å².